The summed E-state index contributed by atoms with van der Waals surface area (Å²) in [7, 11) is 0. The van der Waals surface area contributed by atoms with Crippen molar-refractivity contribution >= 4 is 16.3 Å². The minimum absolute atomic E-state index is 0.347. The highest BCUT2D eigenvalue weighted by molar-refractivity contribution is 7.17. The minimum atomic E-state index is -0.347. The summed E-state index contributed by atoms with van der Waals surface area (Å²) in [6.07, 6.45) is 4.34. The maximum atomic E-state index is 5.87. The number of hydrogen-bond acceptors (Lipinski definition) is 5. The molecule has 0 atom stereocenters. The van der Waals surface area contributed by atoms with Crippen molar-refractivity contribution in [1.29, 1.82) is 0 Å². The van der Waals surface area contributed by atoms with E-state index in [9.17, 15) is 0 Å². The second-order valence-corrected chi connectivity index (χ2v) is 7.27. The molecule has 2 fully saturated rings. The number of aromatic nitrogens is 2. The molecule has 21 heavy (non-hydrogen) atoms. The van der Waals surface area contributed by atoms with Crippen molar-refractivity contribution in [2.24, 2.45) is 0 Å². The number of ether oxygens (including phenoxy) is 2. The summed E-state index contributed by atoms with van der Waals surface area (Å²) in [6.45, 7) is 8.58. The van der Waals surface area contributed by atoms with Crippen molar-refractivity contribution in [3.63, 3.8) is 0 Å². The van der Waals surface area contributed by atoms with Crippen molar-refractivity contribution in [2.45, 2.75) is 39.0 Å². The summed E-state index contributed by atoms with van der Waals surface area (Å²) in [5.74, 6) is -0.347. The molecule has 0 amide bonds. The van der Waals surface area contributed by atoms with Gasteiger partial charge in [-0.15, -0.1) is 11.3 Å². The van der Waals surface area contributed by atoms with E-state index in [0.717, 1.165) is 56.3 Å². The van der Waals surface area contributed by atoms with Crippen molar-refractivity contribution in [3.8, 4) is 0 Å². The average molecular weight is 307 g/mol. The van der Waals surface area contributed by atoms with Crippen molar-refractivity contribution in [2.75, 3.05) is 26.3 Å². The monoisotopic (exact) mass is 307 g/mol. The Bertz CT molecular complexity index is 657. The predicted molar refractivity (Wildman–Crippen MR) is 81.7 cm³/mol. The first-order valence-electron chi connectivity index (χ1n) is 7.59. The van der Waals surface area contributed by atoms with Gasteiger partial charge in [0.2, 0.25) is 0 Å². The van der Waals surface area contributed by atoms with Crippen molar-refractivity contribution in [1.82, 2.24) is 14.3 Å². The highest BCUT2D eigenvalue weighted by Gasteiger charge is 2.40. The summed E-state index contributed by atoms with van der Waals surface area (Å²) >= 11 is 1.75. The molecule has 6 heteroatoms. The Hall–Kier alpha value is -0.950. The zero-order valence-corrected chi connectivity index (χ0v) is 13.4. The van der Waals surface area contributed by atoms with Gasteiger partial charge < -0.3 is 9.47 Å². The highest BCUT2D eigenvalue weighted by Crippen LogP contribution is 2.31. The smallest absolute Gasteiger partial charge is 0.194 e. The highest BCUT2D eigenvalue weighted by atomic mass is 32.1. The molecule has 2 saturated heterocycles. The molecule has 4 heterocycles. The zero-order valence-electron chi connectivity index (χ0n) is 12.6. The van der Waals surface area contributed by atoms with Crippen LogP contribution < -0.4 is 0 Å². The van der Waals surface area contributed by atoms with Gasteiger partial charge in [-0.2, -0.15) is 0 Å². The van der Waals surface area contributed by atoms with Crippen LogP contribution in [0.1, 0.15) is 29.1 Å². The second kappa shape index (κ2) is 5.05. The van der Waals surface area contributed by atoms with Gasteiger partial charge in [0.05, 0.1) is 31.1 Å². The first kappa shape index (κ1) is 13.7. The summed E-state index contributed by atoms with van der Waals surface area (Å²) in [5.41, 5.74) is 2.43. The van der Waals surface area contributed by atoms with Crippen LogP contribution in [0.2, 0.25) is 0 Å². The number of hydrogen-bond donors (Lipinski definition) is 0. The summed E-state index contributed by atoms with van der Waals surface area (Å²) < 4.78 is 14.0. The van der Waals surface area contributed by atoms with Gasteiger partial charge in [0.1, 0.15) is 0 Å². The van der Waals surface area contributed by atoms with Crippen LogP contribution in [0.25, 0.3) is 4.96 Å². The number of fused-ring (bicyclic) bond motifs is 1. The maximum absolute atomic E-state index is 5.87. The Balaban J connectivity index is 1.57. The van der Waals surface area contributed by atoms with Gasteiger partial charge in [0.25, 0.3) is 0 Å². The lowest BCUT2D eigenvalue weighted by atomic mass is 10.0. The van der Waals surface area contributed by atoms with E-state index in [4.69, 9.17) is 9.47 Å². The van der Waals surface area contributed by atoms with E-state index < -0.39 is 0 Å². The van der Waals surface area contributed by atoms with Gasteiger partial charge >= 0.3 is 0 Å². The van der Waals surface area contributed by atoms with Crippen molar-refractivity contribution < 1.29 is 9.47 Å². The third-order valence-corrected chi connectivity index (χ3v) is 5.32. The van der Waals surface area contributed by atoms with Crippen LogP contribution >= 0.6 is 11.3 Å². The zero-order chi connectivity index (χ0) is 14.4. The van der Waals surface area contributed by atoms with E-state index in [0.29, 0.717) is 0 Å². The van der Waals surface area contributed by atoms with Crippen LogP contribution in [-0.4, -0.2) is 46.4 Å². The lowest BCUT2D eigenvalue weighted by Gasteiger charge is -2.38. The van der Waals surface area contributed by atoms with Gasteiger partial charge in [-0.1, -0.05) is 0 Å². The van der Waals surface area contributed by atoms with Gasteiger partial charge in [0, 0.05) is 24.0 Å². The van der Waals surface area contributed by atoms with Crippen LogP contribution in [0.3, 0.4) is 0 Å². The second-order valence-electron chi connectivity index (χ2n) is 6.06. The number of thiazole rings is 1. The molecule has 2 aromatic heterocycles. The lowest BCUT2D eigenvalue weighted by molar-refractivity contribution is -0.190. The van der Waals surface area contributed by atoms with E-state index in [-0.39, 0.29) is 5.79 Å². The Kier molecular flexibility index (Phi) is 3.29. The Morgan fingerprint density at radius 3 is 2.95 bits per heavy atom. The third kappa shape index (κ3) is 2.40. The molecule has 0 aliphatic carbocycles. The molecular weight excluding hydrogens is 286 g/mol. The van der Waals surface area contributed by atoms with Gasteiger partial charge in [-0.05, 0) is 26.8 Å². The number of rotatable bonds is 2. The Morgan fingerprint density at radius 2 is 2.14 bits per heavy atom. The Labute approximate surface area is 128 Å². The van der Waals surface area contributed by atoms with Gasteiger partial charge in [-0.25, -0.2) is 4.98 Å². The fourth-order valence-electron chi connectivity index (χ4n) is 3.45. The molecule has 2 aromatic rings. The van der Waals surface area contributed by atoms with Crippen LogP contribution in [0.15, 0.2) is 6.20 Å². The molecule has 0 saturated carbocycles. The normalized spacial score (nSPS) is 22.6. The molecule has 0 N–H and O–H groups in total. The van der Waals surface area contributed by atoms with E-state index in [1.54, 1.807) is 11.3 Å². The largest absolute Gasteiger partial charge is 0.346 e. The molecule has 4 rings (SSSR count). The standard InChI is InChI=1S/C15H21N3O2S/c1-11-8-18-13(12(2)16-14(18)21-11)9-17-5-3-4-15(10-17)19-6-7-20-15/h8H,3-7,9-10H2,1-2H3. The lowest BCUT2D eigenvalue weighted by Crippen LogP contribution is -2.48. The predicted octanol–water partition coefficient (Wildman–Crippen LogP) is 2.35. The number of likely N-dealkylation sites (tertiary alicyclic amines) is 1. The van der Waals surface area contributed by atoms with E-state index in [2.05, 4.69) is 34.3 Å². The molecule has 1 spiro atoms. The number of piperidine rings is 1. The molecule has 0 unspecified atom stereocenters. The average Bonchev–Trinajstić information content (AvgIpc) is 3.09. The van der Waals surface area contributed by atoms with Crippen LogP contribution in [-0.2, 0) is 16.0 Å². The summed E-state index contributed by atoms with van der Waals surface area (Å²) in [5, 5.41) is 0. The fraction of sp³-hybridized carbons (Fsp3) is 0.667. The number of nitrogens with zero attached hydrogens (tertiary/aromatic N) is 3. The SMILES string of the molecule is Cc1cn2c(CN3CCCC4(C3)OCCO4)c(C)nc2s1. The topological polar surface area (TPSA) is 39.0 Å². The van der Waals surface area contributed by atoms with Crippen LogP contribution in [0.5, 0.6) is 0 Å². The first-order valence-corrected chi connectivity index (χ1v) is 8.41. The molecule has 0 aromatic carbocycles. The molecule has 5 nitrogen and oxygen atoms in total. The van der Waals surface area contributed by atoms with Gasteiger partial charge in [-0.3, -0.25) is 9.30 Å². The number of imidazole rings is 1. The summed E-state index contributed by atoms with van der Waals surface area (Å²) in [4.78, 5) is 9.52. The molecule has 114 valence electrons. The molecule has 2 aliphatic rings. The number of aryl methyl sites for hydroxylation is 2. The molecule has 0 bridgehead atoms. The maximum Gasteiger partial charge on any atom is 0.194 e. The van der Waals surface area contributed by atoms with Gasteiger partial charge in [0.15, 0.2) is 10.7 Å². The minimum Gasteiger partial charge on any atom is -0.346 e. The Morgan fingerprint density at radius 1 is 1.33 bits per heavy atom. The van der Waals surface area contributed by atoms with Crippen molar-refractivity contribution in [3.05, 3.63) is 22.5 Å². The van der Waals surface area contributed by atoms with Crippen LogP contribution in [0.4, 0.5) is 0 Å². The molecular formula is C15H21N3O2S. The molecule has 0 radical (unpaired) electrons. The third-order valence-electron chi connectivity index (χ3n) is 4.42. The fourth-order valence-corrected chi connectivity index (χ4v) is 4.34. The first-order chi connectivity index (χ1) is 10.2. The van der Waals surface area contributed by atoms with Crippen LogP contribution in [0, 0.1) is 13.8 Å². The van der Waals surface area contributed by atoms with E-state index in [1.165, 1.54) is 10.6 Å². The quantitative estimate of drug-likeness (QED) is 0.854. The summed E-state index contributed by atoms with van der Waals surface area (Å²) in [6, 6.07) is 0. The van der Waals surface area contributed by atoms with E-state index in [1.807, 2.05) is 0 Å². The molecule has 2 aliphatic heterocycles. The van der Waals surface area contributed by atoms with E-state index >= 15 is 0 Å².